The Balaban J connectivity index is 1.62. The van der Waals surface area contributed by atoms with E-state index < -0.39 is 18.1 Å². The monoisotopic (exact) mass is 481 g/mol. The Labute approximate surface area is 201 Å². The van der Waals surface area contributed by atoms with Crippen molar-refractivity contribution in [1.29, 1.82) is 0 Å². The number of ether oxygens (including phenoxy) is 2. The van der Waals surface area contributed by atoms with E-state index in [0.717, 1.165) is 35.2 Å². The number of aliphatic hydroxyl groups excluding tert-OH is 1. The van der Waals surface area contributed by atoms with Gasteiger partial charge < -0.3 is 30.5 Å². The number of nitrogens with two attached hydrogens (primary N) is 1. The number of carbonyl (C=O) groups is 2. The number of hydrogen-bond acceptors (Lipinski definition) is 10. The van der Waals surface area contributed by atoms with Crippen molar-refractivity contribution < 1.29 is 24.2 Å². The van der Waals surface area contributed by atoms with E-state index in [1.54, 1.807) is 22.9 Å². The minimum atomic E-state index is -1.17. The van der Waals surface area contributed by atoms with Gasteiger partial charge in [-0.05, 0) is 12.1 Å². The fourth-order valence-electron chi connectivity index (χ4n) is 4.80. The first kappa shape index (κ1) is 22.9. The maximum absolute atomic E-state index is 12.2. The lowest BCUT2D eigenvalue weighted by Gasteiger charge is -2.35. The first-order valence-corrected chi connectivity index (χ1v) is 11.3. The fourth-order valence-corrected chi connectivity index (χ4v) is 4.80. The number of benzene rings is 1. The largest absolute Gasteiger partial charge is 0.494 e. The van der Waals surface area contributed by atoms with Gasteiger partial charge in [-0.15, -0.1) is 0 Å². The zero-order valence-electron chi connectivity index (χ0n) is 19.5. The molecule has 12 nitrogen and oxygen atoms in total. The molecule has 2 aliphatic rings. The minimum Gasteiger partial charge on any atom is -0.494 e. The Morgan fingerprint density at radius 1 is 1.31 bits per heavy atom. The minimum absolute atomic E-state index is 0.0249. The number of piperazine rings is 1. The summed E-state index contributed by atoms with van der Waals surface area (Å²) in [6.07, 6.45) is 3.00. The molecule has 2 atom stereocenters. The number of aryl methyl sites for hydroxylation is 1. The van der Waals surface area contributed by atoms with Crippen molar-refractivity contribution in [3.63, 3.8) is 0 Å². The molecule has 184 valence electrons. The highest BCUT2D eigenvalue weighted by atomic mass is 16.6. The molecule has 4 N–H and O–H groups in total. The molecule has 0 radical (unpaired) electrons. The smallest absolute Gasteiger partial charge is 0.398 e. The van der Waals surface area contributed by atoms with Crippen LogP contribution in [0.1, 0.15) is 5.56 Å². The van der Waals surface area contributed by atoms with E-state index >= 15 is 0 Å². The molecule has 5 rings (SSSR count). The summed E-state index contributed by atoms with van der Waals surface area (Å²) in [4.78, 5) is 32.3. The van der Waals surface area contributed by atoms with Gasteiger partial charge in [-0.2, -0.15) is 5.10 Å². The van der Waals surface area contributed by atoms with Crippen molar-refractivity contribution in [3.05, 3.63) is 36.2 Å². The standard InChI is InChI=1S/C23H27N7O5/c1-28-10-13-7-18(19(34-2)9-16(13)27-28)30-20(35-23(33)21(24)32)8-15-17(3-4-26-22(15)30)29-6-5-25-14(11-29)12-31/h3-4,7,9-10,14,20,25,31H,5-6,8,11-12H2,1-2H3,(H2,24,32)/t14-,20?/m1/s1. The first-order valence-electron chi connectivity index (χ1n) is 11.3. The van der Waals surface area contributed by atoms with Crippen molar-refractivity contribution in [2.75, 3.05) is 43.2 Å². The molecule has 1 fully saturated rings. The van der Waals surface area contributed by atoms with Gasteiger partial charge in [0.25, 0.3) is 0 Å². The Morgan fingerprint density at radius 2 is 2.14 bits per heavy atom. The van der Waals surface area contributed by atoms with Crippen molar-refractivity contribution in [2.24, 2.45) is 12.8 Å². The van der Waals surface area contributed by atoms with E-state index in [4.69, 9.17) is 15.2 Å². The van der Waals surface area contributed by atoms with Gasteiger partial charge in [0.2, 0.25) is 0 Å². The van der Waals surface area contributed by atoms with Crippen LogP contribution in [0, 0.1) is 0 Å². The topological polar surface area (TPSA) is 148 Å². The summed E-state index contributed by atoms with van der Waals surface area (Å²) < 4.78 is 12.9. The van der Waals surface area contributed by atoms with Crippen LogP contribution in [-0.2, 0) is 27.8 Å². The Morgan fingerprint density at radius 3 is 2.89 bits per heavy atom. The molecule has 2 aliphatic heterocycles. The summed E-state index contributed by atoms with van der Waals surface area (Å²) in [5, 5.41) is 18.2. The van der Waals surface area contributed by atoms with Gasteiger partial charge in [0, 0.05) is 74.2 Å². The molecule has 1 saturated heterocycles. The van der Waals surface area contributed by atoms with Crippen molar-refractivity contribution in [2.45, 2.75) is 18.7 Å². The van der Waals surface area contributed by atoms with Crippen molar-refractivity contribution >= 4 is 40.0 Å². The summed E-state index contributed by atoms with van der Waals surface area (Å²) >= 11 is 0. The second-order valence-corrected chi connectivity index (χ2v) is 8.60. The van der Waals surface area contributed by atoms with E-state index in [1.807, 2.05) is 31.4 Å². The van der Waals surface area contributed by atoms with Crippen LogP contribution in [0.2, 0.25) is 0 Å². The highest BCUT2D eigenvalue weighted by Gasteiger charge is 2.39. The number of rotatable bonds is 5. The number of methoxy groups -OCH3 is 1. The van der Waals surface area contributed by atoms with Crippen LogP contribution in [0.4, 0.5) is 17.2 Å². The molecule has 35 heavy (non-hydrogen) atoms. The number of esters is 1. The summed E-state index contributed by atoms with van der Waals surface area (Å²) in [5.74, 6) is -1.20. The van der Waals surface area contributed by atoms with Crippen LogP contribution < -0.4 is 25.6 Å². The highest BCUT2D eigenvalue weighted by molar-refractivity contribution is 6.31. The number of aromatic nitrogens is 3. The number of nitrogens with zero attached hydrogens (tertiary/aromatic N) is 5. The van der Waals surface area contributed by atoms with Crippen molar-refractivity contribution in [3.8, 4) is 5.75 Å². The van der Waals surface area contributed by atoms with Gasteiger partial charge in [0.05, 0.1) is 24.9 Å². The molecule has 1 unspecified atom stereocenters. The summed E-state index contributed by atoms with van der Waals surface area (Å²) in [6, 6.07) is 5.56. The lowest BCUT2D eigenvalue weighted by Crippen LogP contribution is -2.52. The van der Waals surface area contributed by atoms with E-state index in [9.17, 15) is 14.7 Å². The van der Waals surface area contributed by atoms with Crippen LogP contribution >= 0.6 is 0 Å². The third kappa shape index (κ3) is 4.10. The molecular weight excluding hydrogens is 454 g/mol. The number of anilines is 3. The van der Waals surface area contributed by atoms with Gasteiger partial charge in [-0.3, -0.25) is 14.4 Å². The van der Waals surface area contributed by atoms with E-state index in [1.165, 1.54) is 0 Å². The second-order valence-electron chi connectivity index (χ2n) is 8.60. The molecule has 0 saturated carbocycles. The van der Waals surface area contributed by atoms with Crippen LogP contribution in [0.25, 0.3) is 10.9 Å². The van der Waals surface area contributed by atoms with E-state index in [-0.39, 0.29) is 12.6 Å². The third-order valence-corrected chi connectivity index (χ3v) is 6.34. The average Bonchev–Trinajstić information content (AvgIpc) is 3.41. The van der Waals surface area contributed by atoms with Crippen LogP contribution in [-0.4, -0.2) is 77.4 Å². The summed E-state index contributed by atoms with van der Waals surface area (Å²) in [6.45, 7) is 2.10. The Hall–Kier alpha value is -3.90. The lowest BCUT2D eigenvalue weighted by atomic mass is 10.1. The number of aliphatic hydroxyl groups is 1. The normalized spacial score (nSPS) is 19.6. The van der Waals surface area contributed by atoms with E-state index in [0.29, 0.717) is 30.2 Å². The molecule has 0 aliphatic carbocycles. The number of fused-ring (bicyclic) bond motifs is 2. The molecule has 3 aromatic rings. The maximum atomic E-state index is 12.2. The number of nitrogens with one attached hydrogen (secondary N) is 1. The lowest BCUT2D eigenvalue weighted by molar-refractivity contribution is -0.157. The van der Waals surface area contributed by atoms with E-state index in [2.05, 4.69) is 20.3 Å². The second kappa shape index (κ2) is 9.04. The van der Waals surface area contributed by atoms with Crippen LogP contribution in [0.5, 0.6) is 5.75 Å². The van der Waals surface area contributed by atoms with Crippen LogP contribution in [0.3, 0.4) is 0 Å². The van der Waals surface area contributed by atoms with Gasteiger partial charge in [-0.25, -0.2) is 9.78 Å². The predicted octanol–water partition coefficient (Wildman–Crippen LogP) is -0.204. The predicted molar refractivity (Wildman–Crippen MR) is 128 cm³/mol. The molecule has 0 spiro atoms. The van der Waals surface area contributed by atoms with Crippen molar-refractivity contribution in [1.82, 2.24) is 20.1 Å². The number of primary amides is 1. The molecule has 12 heteroatoms. The Bertz CT molecular complexity index is 1290. The maximum Gasteiger partial charge on any atom is 0.398 e. The summed E-state index contributed by atoms with van der Waals surface area (Å²) in [5.41, 5.74) is 8.35. The van der Waals surface area contributed by atoms with Gasteiger partial charge in [-0.1, -0.05) is 0 Å². The highest BCUT2D eigenvalue weighted by Crippen LogP contribution is 2.46. The first-order chi connectivity index (χ1) is 16.9. The molecule has 0 bridgehead atoms. The third-order valence-electron chi connectivity index (χ3n) is 6.34. The van der Waals surface area contributed by atoms with Gasteiger partial charge >= 0.3 is 11.9 Å². The van der Waals surface area contributed by atoms with Gasteiger partial charge in [0.1, 0.15) is 11.6 Å². The summed E-state index contributed by atoms with van der Waals surface area (Å²) in [7, 11) is 3.38. The number of carbonyl (C=O) groups excluding carboxylic acids is 2. The number of hydrogen-bond donors (Lipinski definition) is 3. The quantitative estimate of drug-likeness (QED) is 0.330. The molecule has 2 aromatic heterocycles. The zero-order valence-corrected chi connectivity index (χ0v) is 19.5. The average molecular weight is 482 g/mol. The molecule has 4 heterocycles. The SMILES string of the molecule is COc1cc2nn(C)cc2cc1N1c2nccc(N3CCN[C@@H](CO)C3)c2CC1OC(=O)C(N)=O. The molecular formula is C23H27N7O5. The van der Waals surface area contributed by atoms with Gasteiger partial charge in [0.15, 0.2) is 6.23 Å². The Kier molecular flexibility index (Phi) is 5.91. The molecule has 1 aromatic carbocycles. The number of amides is 1. The fraction of sp³-hybridized carbons (Fsp3) is 0.391. The zero-order chi connectivity index (χ0) is 24.7. The number of pyridine rings is 1. The molecule has 1 amide bonds. The van der Waals surface area contributed by atoms with Crippen LogP contribution in [0.15, 0.2) is 30.6 Å².